The Balaban J connectivity index is 1.97. The Morgan fingerprint density at radius 1 is 1.26 bits per heavy atom. The lowest BCUT2D eigenvalue weighted by Crippen LogP contribution is -2.28. The fourth-order valence-corrected chi connectivity index (χ4v) is 2.68. The molecule has 0 radical (unpaired) electrons. The lowest BCUT2D eigenvalue weighted by Gasteiger charge is -2.25. The number of carbonyl (C=O) groups excluding carboxylic acids is 1. The minimum absolute atomic E-state index is 0.0360. The zero-order chi connectivity index (χ0) is 13.7. The summed E-state index contributed by atoms with van der Waals surface area (Å²) in [6.45, 7) is 0. The van der Waals surface area contributed by atoms with Crippen LogP contribution in [0, 0.1) is 5.41 Å². The number of hydrogen-bond acceptors (Lipinski definition) is 5. The van der Waals surface area contributed by atoms with Gasteiger partial charge in [0.15, 0.2) is 0 Å². The highest BCUT2D eigenvalue weighted by molar-refractivity contribution is 5.89. The van der Waals surface area contributed by atoms with Gasteiger partial charge in [-0.15, -0.1) is 5.10 Å². The third-order valence-electron chi connectivity index (χ3n) is 3.46. The zero-order valence-electron chi connectivity index (χ0n) is 10.5. The maximum Gasteiger partial charge on any atom is 0.303 e. The molecule has 1 amide bonds. The van der Waals surface area contributed by atoms with Gasteiger partial charge in [0, 0.05) is 6.42 Å². The van der Waals surface area contributed by atoms with Gasteiger partial charge in [-0.3, -0.25) is 14.9 Å². The van der Waals surface area contributed by atoms with Crippen LogP contribution in [0.25, 0.3) is 0 Å². The second-order valence-corrected chi connectivity index (χ2v) is 4.97. The van der Waals surface area contributed by atoms with Crippen molar-refractivity contribution >= 4 is 17.8 Å². The molecule has 1 fully saturated rings. The van der Waals surface area contributed by atoms with E-state index in [1.807, 2.05) is 0 Å². The predicted molar refractivity (Wildman–Crippen MR) is 66.2 cm³/mol. The van der Waals surface area contributed by atoms with Gasteiger partial charge in [0.1, 0.15) is 0 Å². The molecule has 0 spiro atoms. The average molecular weight is 264 g/mol. The maximum atomic E-state index is 11.9. The van der Waals surface area contributed by atoms with Gasteiger partial charge in [0.25, 0.3) is 0 Å². The van der Waals surface area contributed by atoms with Crippen LogP contribution in [0.5, 0.6) is 0 Å². The third kappa shape index (κ3) is 3.70. The summed E-state index contributed by atoms with van der Waals surface area (Å²) >= 11 is 0. The van der Waals surface area contributed by atoms with Crippen molar-refractivity contribution in [2.24, 2.45) is 5.41 Å². The van der Waals surface area contributed by atoms with Crippen molar-refractivity contribution < 1.29 is 14.7 Å². The molecular weight excluding hydrogens is 248 g/mol. The van der Waals surface area contributed by atoms with E-state index in [9.17, 15) is 9.59 Å². The normalized spacial score (nSPS) is 17.1. The number of aromatic nitrogens is 3. The van der Waals surface area contributed by atoms with Crippen molar-refractivity contribution in [3.05, 3.63) is 12.4 Å². The number of anilines is 1. The molecule has 0 aromatic carbocycles. The minimum Gasteiger partial charge on any atom is -0.481 e. The minimum atomic E-state index is -0.854. The largest absolute Gasteiger partial charge is 0.481 e. The molecule has 1 aromatic rings. The van der Waals surface area contributed by atoms with Crippen LogP contribution in [0.1, 0.15) is 38.5 Å². The van der Waals surface area contributed by atoms with E-state index in [1.54, 1.807) is 0 Å². The van der Waals surface area contributed by atoms with Crippen LogP contribution in [0.4, 0.5) is 5.95 Å². The summed E-state index contributed by atoms with van der Waals surface area (Å²) in [5.74, 6) is -0.959. The molecule has 7 nitrogen and oxygen atoms in total. The summed E-state index contributed by atoms with van der Waals surface area (Å²) in [4.78, 5) is 26.7. The molecular formula is C12H16N4O3. The van der Waals surface area contributed by atoms with Crippen LogP contribution >= 0.6 is 0 Å². The van der Waals surface area contributed by atoms with E-state index < -0.39 is 11.4 Å². The standard InChI is InChI=1S/C12H16N4O3/c17-9(15-11-13-5-6-14-16-11)7-12(8-10(18)19)3-1-2-4-12/h5-6H,1-4,7-8H2,(H,18,19)(H,13,15,16,17). The number of aliphatic carboxylic acids is 1. The smallest absolute Gasteiger partial charge is 0.303 e. The first-order valence-corrected chi connectivity index (χ1v) is 6.25. The Bertz CT molecular complexity index is 457. The number of nitrogens with one attached hydrogen (secondary N) is 1. The molecule has 7 heteroatoms. The van der Waals surface area contributed by atoms with Crippen molar-refractivity contribution in [1.29, 1.82) is 0 Å². The van der Waals surface area contributed by atoms with Crippen LogP contribution in [0.2, 0.25) is 0 Å². The summed E-state index contributed by atoms with van der Waals surface area (Å²) in [5, 5.41) is 18.8. The molecule has 1 aromatic heterocycles. The molecule has 1 heterocycles. The summed E-state index contributed by atoms with van der Waals surface area (Å²) in [6, 6.07) is 0. The Kier molecular flexibility index (Phi) is 4.03. The Hall–Kier alpha value is -2.05. The monoisotopic (exact) mass is 264 g/mol. The van der Waals surface area contributed by atoms with E-state index >= 15 is 0 Å². The predicted octanol–water partition coefficient (Wildman–Crippen LogP) is 1.24. The molecule has 0 bridgehead atoms. The number of carboxylic acids is 1. The fraction of sp³-hybridized carbons (Fsp3) is 0.583. The van der Waals surface area contributed by atoms with Crippen LogP contribution < -0.4 is 5.32 Å². The molecule has 1 saturated carbocycles. The van der Waals surface area contributed by atoms with Crippen molar-refractivity contribution in [3.63, 3.8) is 0 Å². The van der Waals surface area contributed by atoms with Gasteiger partial charge < -0.3 is 5.11 Å². The first-order valence-electron chi connectivity index (χ1n) is 6.25. The van der Waals surface area contributed by atoms with Gasteiger partial charge >= 0.3 is 5.97 Å². The molecule has 0 aliphatic heterocycles. The average Bonchev–Trinajstić information content (AvgIpc) is 2.77. The highest BCUT2D eigenvalue weighted by atomic mass is 16.4. The number of carboxylic acid groups (broad SMARTS) is 1. The topological polar surface area (TPSA) is 105 Å². The lowest BCUT2D eigenvalue weighted by atomic mass is 9.79. The number of hydrogen-bond donors (Lipinski definition) is 2. The fourth-order valence-electron chi connectivity index (χ4n) is 2.68. The molecule has 0 unspecified atom stereocenters. The number of rotatable bonds is 5. The lowest BCUT2D eigenvalue weighted by molar-refractivity contribution is -0.140. The van der Waals surface area contributed by atoms with E-state index in [1.165, 1.54) is 12.4 Å². The van der Waals surface area contributed by atoms with Crippen LogP contribution in [-0.4, -0.2) is 32.2 Å². The van der Waals surface area contributed by atoms with Crippen molar-refractivity contribution in [1.82, 2.24) is 15.2 Å². The number of nitrogens with zero attached hydrogens (tertiary/aromatic N) is 3. The van der Waals surface area contributed by atoms with E-state index in [0.29, 0.717) is 0 Å². The Morgan fingerprint density at radius 3 is 2.58 bits per heavy atom. The molecule has 19 heavy (non-hydrogen) atoms. The van der Waals surface area contributed by atoms with Crippen LogP contribution in [0.3, 0.4) is 0 Å². The SMILES string of the molecule is O=C(O)CC1(CC(=O)Nc2nccnn2)CCCC1. The summed E-state index contributed by atoms with van der Waals surface area (Å²) < 4.78 is 0. The third-order valence-corrected chi connectivity index (χ3v) is 3.46. The quantitative estimate of drug-likeness (QED) is 0.828. The number of carbonyl (C=O) groups is 2. The van der Waals surface area contributed by atoms with Gasteiger partial charge in [-0.2, -0.15) is 5.10 Å². The highest BCUT2D eigenvalue weighted by Gasteiger charge is 2.38. The van der Waals surface area contributed by atoms with Crippen molar-refractivity contribution in [2.75, 3.05) is 5.32 Å². The second kappa shape index (κ2) is 5.73. The zero-order valence-corrected chi connectivity index (χ0v) is 10.5. The van der Waals surface area contributed by atoms with Crippen LogP contribution in [-0.2, 0) is 9.59 Å². The van der Waals surface area contributed by atoms with Gasteiger partial charge in [-0.05, 0) is 18.3 Å². The maximum absolute atomic E-state index is 11.9. The summed E-state index contributed by atoms with van der Waals surface area (Å²) in [5.41, 5.74) is -0.419. The molecule has 0 saturated heterocycles. The first-order chi connectivity index (χ1) is 9.10. The van der Waals surface area contributed by atoms with Crippen molar-refractivity contribution in [2.45, 2.75) is 38.5 Å². The second-order valence-electron chi connectivity index (χ2n) is 4.97. The first kappa shape index (κ1) is 13.4. The van der Waals surface area contributed by atoms with Gasteiger partial charge in [0.05, 0.1) is 18.8 Å². The van der Waals surface area contributed by atoms with E-state index in [2.05, 4.69) is 20.5 Å². The van der Waals surface area contributed by atoms with E-state index in [-0.39, 0.29) is 24.7 Å². The molecule has 2 rings (SSSR count). The summed E-state index contributed by atoms with van der Waals surface area (Å²) in [6.07, 6.45) is 6.59. The summed E-state index contributed by atoms with van der Waals surface area (Å²) in [7, 11) is 0. The number of amides is 1. The molecule has 1 aliphatic rings. The highest BCUT2D eigenvalue weighted by Crippen LogP contribution is 2.44. The van der Waals surface area contributed by atoms with Gasteiger partial charge in [-0.1, -0.05) is 12.8 Å². The Morgan fingerprint density at radius 2 is 2.00 bits per heavy atom. The molecule has 0 atom stereocenters. The molecule has 102 valence electrons. The van der Waals surface area contributed by atoms with Crippen LogP contribution in [0.15, 0.2) is 12.4 Å². The molecule has 1 aliphatic carbocycles. The molecule has 2 N–H and O–H groups in total. The van der Waals surface area contributed by atoms with E-state index in [4.69, 9.17) is 5.11 Å². The van der Waals surface area contributed by atoms with Gasteiger partial charge in [-0.25, -0.2) is 4.98 Å². The van der Waals surface area contributed by atoms with Crippen molar-refractivity contribution in [3.8, 4) is 0 Å². The van der Waals surface area contributed by atoms with E-state index in [0.717, 1.165) is 25.7 Å². The van der Waals surface area contributed by atoms with Gasteiger partial charge in [0.2, 0.25) is 11.9 Å². The Labute approximate surface area is 110 Å².